The summed E-state index contributed by atoms with van der Waals surface area (Å²) in [6.45, 7) is 0. The van der Waals surface area contributed by atoms with Crippen LogP contribution in [0.5, 0.6) is 34.5 Å². The molecule has 0 fully saturated rings. The molecule has 75 heavy (non-hydrogen) atoms. The molecule has 0 spiro atoms. The maximum absolute atomic E-state index is 5.65. The fourth-order valence-electron chi connectivity index (χ4n) is 8.88. The minimum atomic E-state index is 0.507. The molecule has 372 valence electrons. The number of anilines is 9. The Morgan fingerprint density at radius 2 is 0.413 bits per heavy atom. The second-order valence-electron chi connectivity index (χ2n) is 17.2. The van der Waals surface area contributed by atoms with Gasteiger partial charge >= 0.3 is 0 Å². The Hall–Kier alpha value is -9.81. The smallest absolute Gasteiger partial charge is 0.164 e. The molecule has 0 aliphatic carbocycles. The fraction of sp³-hybridized carbons (Fsp3) is 0.0952. The second kappa shape index (κ2) is 22.3. The molecular formula is C63H54N6O6. The van der Waals surface area contributed by atoms with Crippen molar-refractivity contribution in [2.45, 2.75) is 0 Å². The van der Waals surface area contributed by atoms with Gasteiger partial charge in [0.05, 0.1) is 42.7 Å². The average molecular weight is 991 g/mol. The Morgan fingerprint density at radius 1 is 0.227 bits per heavy atom. The van der Waals surface area contributed by atoms with E-state index in [0.29, 0.717) is 17.5 Å². The zero-order chi connectivity index (χ0) is 51.7. The minimum absolute atomic E-state index is 0.507. The van der Waals surface area contributed by atoms with Crippen molar-refractivity contribution >= 4 is 51.2 Å². The summed E-state index contributed by atoms with van der Waals surface area (Å²) in [7, 11) is 10.0. The molecular weight excluding hydrogens is 937 g/mol. The molecule has 12 heteroatoms. The van der Waals surface area contributed by atoms with Crippen molar-refractivity contribution < 1.29 is 28.4 Å². The number of aromatic nitrogens is 3. The van der Waals surface area contributed by atoms with E-state index in [2.05, 4.69) is 87.5 Å². The topological polar surface area (TPSA) is 104 Å². The maximum Gasteiger partial charge on any atom is 0.164 e. The Labute approximate surface area is 437 Å². The van der Waals surface area contributed by atoms with E-state index in [4.69, 9.17) is 43.4 Å². The molecule has 0 saturated heterocycles. The predicted octanol–water partition coefficient (Wildman–Crippen LogP) is 15.3. The van der Waals surface area contributed by atoms with E-state index in [1.54, 1.807) is 42.7 Å². The van der Waals surface area contributed by atoms with Crippen LogP contribution >= 0.6 is 0 Å². The highest BCUT2D eigenvalue weighted by atomic mass is 16.5. The van der Waals surface area contributed by atoms with E-state index < -0.39 is 0 Å². The quantitative estimate of drug-likeness (QED) is 0.0817. The third-order valence-electron chi connectivity index (χ3n) is 12.7. The monoisotopic (exact) mass is 990 g/mol. The number of hydrogen-bond acceptors (Lipinski definition) is 12. The molecule has 0 unspecified atom stereocenters. The lowest BCUT2D eigenvalue weighted by Gasteiger charge is -2.26. The molecule has 1 aromatic heterocycles. The van der Waals surface area contributed by atoms with Crippen LogP contribution in [0, 0.1) is 0 Å². The van der Waals surface area contributed by atoms with E-state index in [0.717, 1.165) is 102 Å². The van der Waals surface area contributed by atoms with Gasteiger partial charge in [0.15, 0.2) is 17.5 Å². The lowest BCUT2D eigenvalue weighted by atomic mass is 10.1. The normalized spacial score (nSPS) is 10.8. The zero-order valence-electron chi connectivity index (χ0n) is 42.4. The van der Waals surface area contributed by atoms with Crippen LogP contribution in [0.1, 0.15) is 0 Å². The zero-order valence-corrected chi connectivity index (χ0v) is 42.4. The largest absolute Gasteiger partial charge is 0.497 e. The van der Waals surface area contributed by atoms with Gasteiger partial charge in [0.2, 0.25) is 0 Å². The van der Waals surface area contributed by atoms with Crippen LogP contribution in [0.3, 0.4) is 0 Å². The highest BCUT2D eigenvalue weighted by Gasteiger charge is 2.20. The Morgan fingerprint density at radius 3 is 0.587 bits per heavy atom. The van der Waals surface area contributed by atoms with E-state index in [-0.39, 0.29) is 0 Å². The summed E-state index contributed by atoms with van der Waals surface area (Å²) in [6.07, 6.45) is 0. The molecule has 12 nitrogen and oxygen atoms in total. The van der Waals surface area contributed by atoms with Gasteiger partial charge in [0.1, 0.15) is 34.5 Å². The van der Waals surface area contributed by atoms with Gasteiger partial charge in [-0.25, -0.2) is 15.0 Å². The Kier molecular flexibility index (Phi) is 14.5. The van der Waals surface area contributed by atoms with Gasteiger partial charge in [-0.2, -0.15) is 0 Å². The number of methoxy groups -OCH3 is 6. The first-order valence-electron chi connectivity index (χ1n) is 24.2. The lowest BCUT2D eigenvalue weighted by Crippen LogP contribution is -2.10. The summed E-state index contributed by atoms with van der Waals surface area (Å²) in [4.78, 5) is 22.0. The molecule has 10 rings (SSSR count). The number of benzene rings is 9. The first-order valence-corrected chi connectivity index (χ1v) is 24.2. The van der Waals surface area contributed by atoms with Crippen molar-refractivity contribution in [1.82, 2.24) is 15.0 Å². The minimum Gasteiger partial charge on any atom is -0.497 e. The van der Waals surface area contributed by atoms with E-state index in [1.165, 1.54) is 0 Å². The standard InChI is InChI=1S/C63H54N6O6/c1-70-55-19-7-13-49(37-55)67(50-14-8-20-56(38-50)71-2)46-31-25-43(26-32-46)61-64-62(44-27-33-47(34-28-44)68(51-15-9-21-57(39-51)72-3)52-16-10-22-58(40-52)73-4)66-63(65-61)45-29-35-48(36-30-45)69(53-17-11-23-59(41-53)74-5)54-18-12-24-60(42-54)75-6/h7-42H,1-6H3. The van der Waals surface area contributed by atoms with Crippen molar-refractivity contribution in [3.63, 3.8) is 0 Å². The maximum atomic E-state index is 5.65. The van der Waals surface area contributed by atoms with Crippen LogP contribution in [0.15, 0.2) is 218 Å². The number of nitrogens with zero attached hydrogens (tertiary/aromatic N) is 6. The van der Waals surface area contributed by atoms with Crippen LogP contribution in [-0.2, 0) is 0 Å². The van der Waals surface area contributed by atoms with Crippen molar-refractivity contribution in [3.05, 3.63) is 218 Å². The summed E-state index contributed by atoms with van der Waals surface area (Å²) in [6, 6.07) is 72.5. The molecule has 0 amide bonds. The van der Waals surface area contributed by atoms with Crippen LogP contribution in [-0.4, -0.2) is 57.6 Å². The van der Waals surface area contributed by atoms with Gasteiger partial charge in [-0.05, 0) is 146 Å². The Bertz CT molecular complexity index is 3030. The van der Waals surface area contributed by atoms with Gasteiger partial charge in [-0.3, -0.25) is 0 Å². The highest BCUT2D eigenvalue weighted by Crippen LogP contribution is 2.42. The molecule has 0 aliphatic rings. The van der Waals surface area contributed by atoms with Crippen molar-refractivity contribution in [2.75, 3.05) is 57.4 Å². The summed E-state index contributed by atoms with van der Waals surface area (Å²) in [5.74, 6) is 5.97. The predicted molar refractivity (Wildman–Crippen MR) is 299 cm³/mol. The summed E-state index contributed by atoms with van der Waals surface area (Å²) in [5.41, 5.74) is 10.6. The highest BCUT2D eigenvalue weighted by molar-refractivity contribution is 5.82. The number of rotatable bonds is 18. The molecule has 9 aromatic carbocycles. The van der Waals surface area contributed by atoms with Crippen molar-refractivity contribution in [3.8, 4) is 68.7 Å². The summed E-state index contributed by atoms with van der Waals surface area (Å²) in [5, 5.41) is 0. The first kappa shape index (κ1) is 48.8. The van der Waals surface area contributed by atoms with Crippen LogP contribution in [0.4, 0.5) is 51.2 Å². The van der Waals surface area contributed by atoms with Gasteiger partial charge in [0, 0.05) is 104 Å². The molecule has 1 heterocycles. The third kappa shape index (κ3) is 10.7. The lowest BCUT2D eigenvalue weighted by molar-refractivity contribution is 0.414. The Balaban J connectivity index is 1.08. The fourth-order valence-corrected chi connectivity index (χ4v) is 8.88. The SMILES string of the molecule is COc1cccc(N(c2ccc(-c3nc(-c4ccc(N(c5cccc(OC)c5)c5cccc(OC)c5)cc4)nc(-c4ccc(N(c5cccc(OC)c5)c5cccc(OC)c5)cc4)n3)cc2)c2cccc(OC)c2)c1. The van der Waals surface area contributed by atoms with Gasteiger partial charge in [0.25, 0.3) is 0 Å². The second-order valence-corrected chi connectivity index (χ2v) is 17.2. The molecule has 0 bridgehead atoms. The van der Waals surface area contributed by atoms with Gasteiger partial charge < -0.3 is 43.1 Å². The van der Waals surface area contributed by atoms with E-state index in [1.807, 2.05) is 146 Å². The summed E-state index contributed by atoms with van der Waals surface area (Å²) < 4.78 is 33.9. The average Bonchev–Trinajstić information content (AvgIpc) is 3.48. The van der Waals surface area contributed by atoms with Crippen LogP contribution in [0.2, 0.25) is 0 Å². The number of hydrogen-bond donors (Lipinski definition) is 0. The molecule has 0 aliphatic heterocycles. The molecule has 0 atom stereocenters. The molecule has 0 radical (unpaired) electrons. The molecule has 0 saturated carbocycles. The number of ether oxygens (including phenoxy) is 6. The van der Waals surface area contributed by atoms with Gasteiger partial charge in [-0.1, -0.05) is 36.4 Å². The van der Waals surface area contributed by atoms with Gasteiger partial charge in [-0.15, -0.1) is 0 Å². The summed E-state index contributed by atoms with van der Waals surface area (Å²) >= 11 is 0. The van der Waals surface area contributed by atoms with Crippen LogP contribution < -0.4 is 43.1 Å². The van der Waals surface area contributed by atoms with Crippen molar-refractivity contribution in [1.29, 1.82) is 0 Å². The van der Waals surface area contributed by atoms with Crippen molar-refractivity contribution in [2.24, 2.45) is 0 Å². The van der Waals surface area contributed by atoms with E-state index >= 15 is 0 Å². The molecule has 10 aromatic rings. The third-order valence-corrected chi connectivity index (χ3v) is 12.7. The van der Waals surface area contributed by atoms with E-state index in [9.17, 15) is 0 Å². The molecule has 0 N–H and O–H groups in total. The van der Waals surface area contributed by atoms with Crippen LogP contribution in [0.25, 0.3) is 34.2 Å². The first-order chi connectivity index (χ1) is 36.8.